The Kier molecular flexibility index (Phi) is 5.09. The Morgan fingerprint density at radius 1 is 1.54 bits per heavy atom. The fourth-order valence-electron chi connectivity index (χ4n) is 1.16. The summed E-state index contributed by atoms with van der Waals surface area (Å²) in [7, 11) is 0. The molecule has 74 valence electrons. The predicted octanol–water partition coefficient (Wildman–Crippen LogP) is 2.93. The fourth-order valence-corrected chi connectivity index (χ4v) is 1.87. The van der Waals surface area contributed by atoms with Gasteiger partial charge in [0.2, 0.25) is 0 Å². The van der Waals surface area contributed by atoms with E-state index >= 15 is 0 Å². The van der Waals surface area contributed by atoms with Gasteiger partial charge >= 0.3 is 0 Å². The van der Waals surface area contributed by atoms with Crippen molar-refractivity contribution < 1.29 is 0 Å². The van der Waals surface area contributed by atoms with E-state index in [1.807, 2.05) is 11.3 Å². The van der Waals surface area contributed by atoms with Gasteiger partial charge in [-0.15, -0.1) is 11.3 Å². The zero-order valence-corrected chi connectivity index (χ0v) is 9.36. The molecule has 0 aromatic carbocycles. The third kappa shape index (κ3) is 4.44. The highest BCUT2D eigenvalue weighted by molar-refractivity contribution is 7.09. The maximum Gasteiger partial charge on any atom is 0.00578 e. The lowest BCUT2D eigenvalue weighted by atomic mass is 10.1. The first-order chi connectivity index (χ1) is 6.33. The predicted molar refractivity (Wildman–Crippen MR) is 60.3 cm³/mol. The lowest BCUT2D eigenvalue weighted by Gasteiger charge is -2.08. The molecule has 2 heteroatoms. The molecule has 1 aromatic heterocycles. The number of rotatable bonds is 6. The van der Waals surface area contributed by atoms with E-state index in [0.717, 1.165) is 19.0 Å². The van der Waals surface area contributed by atoms with Gasteiger partial charge in [-0.25, -0.2) is 0 Å². The maximum absolute atomic E-state index is 3.48. The Bertz CT molecular complexity index is 206. The van der Waals surface area contributed by atoms with Crippen molar-refractivity contribution in [3.8, 4) is 0 Å². The van der Waals surface area contributed by atoms with E-state index in [9.17, 15) is 0 Å². The molecule has 0 spiro atoms. The van der Waals surface area contributed by atoms with Crippen LogP contribution in [0.3, 0.4) is 0 Å². The van der Waals surface area contributed by atoms with Crippen molar-refractivity contribution in [2.24, 2.45) is 5.92 Å². The van der Waals surface area contributed by atoms with Gasteiger partial charge in [0, 0.05) is 4.88 Å². The van der Waals surface area contributed by atoms with Crippen LogP contribution in [0.1, 0.15) is 25.1 Å². The Morgan fingerprint density at radius 2 is 2.38 bits per heavy atom. The third-order valence-corrected chi connectivity index (χ3v) is 3.25. The number of thiophene rings is 1. The van der Waals surface area contributed by atoms with Crippen molar-refractivity contribution in [3.05, 3.63) is 22.4 Å². The van der Waals surface area contributed by atoms with E-state index in [1.54, 1.807) is 0 Å². The zero-order valence-electron chi connectivity index (χ0n) is 8.55. The summed E-state index contributed by atoms with van der Waals surface area (Å²) in [5.41, 5.74) is 0. The Morgan fingerprint density at radius 3 is 3.00 bits per heavy atom. The van der Waals surface area contributed by atoms with Crippen molar-refractivity contribution in [1.82, 2.24) is 5.32 Å². The summed E-state index contributed by atoms with van der Waals surface area (Å²) in [6.45, 7) is 6.80. The Balaban J connectivity index is 2.02. The molecule has 0 saturated carbocycles. The highest BCUT2D eigenvalue weighted by atomic mass is 32.1. The highest BCUT2D eigenvalue weighted by Gasteiger charge is 1.97. The molecule has 0 amide bonds. The minimum atomic E-state index is 0.809. The molecule has 1 atom stereocenters. The Hall–Kier alpha value is -0.340. The second-order valence-corrected chi connectivity index (χ2v) is 4.58. The maximum atomic E-state index is 3.48. The van der Waals surface area contributed by atoms with Crippen LogP contribution in [0.2, 0.25) is 0 Å². The molecule has 0 unspecified atom stereocenters. The quantitative estimate of drug-likeness (QED) is 0.691. The minimum absolute atomic E-state index is 0.809. The van der Waals surface area contributed by atoms with Gasteiger partial charge in [-0.1, -0.05) is 26.3 Å². The van der Waals surface area contributed by atoms with E-state index in [1.165, 1.54) is 17.7 Å². The molecule has 0 fully saturated rings. The summed E-state index contributed by atoms with van der Waals surface area (Å²) in [6, 6.07) is 4.32. The molecular formula is C11H19NS. The summed E-state index contributed by atoms with van der Waals surface area (Å²) in [6.07, 6.45) is 2.44. The zero-order chi connectivity index (χ0) is 9.52. The second kappa shape index (κ2) is 6.17. The molecule has 1 rings (SSSR count). The standard InChI is InChI=1S/C11H19NS/c1-3-10(2)9-12-7-6-11-5-4-8-13-11/h4-5,8,10,12H,3,6-7,9H2,1-2H3/t10-/m0/s1. The lowest BCUT2D eigenvalue weighted by Crippen LogP contribution is -2.22. The molecule has 0 saturated heterocycles. The smallest absolute Gasteiger partial charge is 0.00578 e. The molecule has 1 heterocycles. The van der Waals surface area contributed by atoms with Gasteiger partial charge in [-0.3, -0.25) is 0 Å². The second-order valence-electron chi connectivity index (χ2n) is 3.55. The summed E-state index contributed by atoms with van der Waals surface area (Å²) < 4.78 is 0. The van der Waals surface area contributed by atoms with Crippen molar-refractivity contribution >= 4 is 11.3 Å². The van der Waals surface area contributed by atoms with E-state index < -0.39 is 0 Å². The number of hydrogen-bond donors (Lipinski definition) is 1. The largest absolute Gasteiger partial charge is 0.316 e. The number of nitrogens with one attached hydrogen (secondary N) is 1. The first-order valence-electron chi connectivity index (χ1n) is 5.06. The van der Waals surface area contributed by atoms with Crippen molar-refractivity contribution in [2.75, 3.05) is 13.1 Å². The van der Waals surface area contributed by atoms with Crippen LogP contribution in [0, 0.1) is 5.92 Å². The summed E-state index contributed by atoms with van der Waals surface area (Å²) in [4.78, 5) is 1.48. The first-order valence-corrected chi connectivity index (χ1v) is 5.94. The van der Waals surface area contributed by atoms with E-state index in [4.69, 9.17) is 0 Å². The Labute approximate surface area is 85.2 Å². The molecular weight excluding hydrogens is 178 g/mol. The molecule has 0 aliphatic heterocycles. The van der Waals surface area contributed by atoms with Gasteiger partial charge < -0.3 is 5.32 Å². The van der Waals surface area contributed by atoms with E-state index in [0.29, 0.717) is 0 Å². The summed E-state index contributed by atoms with van der Waals surface area (Å²) in [5.74, 6) is 0.809. The molecule has 0 radical (unpaired) electrons. The average molecular weight is 197 g/mol. The van der Waals surface area contributed by atoms with Gasteiger partial charge in [-0.05, 0) is 36.9 Å². The van der Waals surface area contributed by atoms with Crippen LogP contribution < -0.4 is 5.32 Å². The van der Waals surface area contributed by atoms with Gasteiger partial charge in [0.1, 0.15) is 0 Å². The summed E-state index contributed by atoms with van der Waals surface area (Å²) >= 11 is 1.85. The molecule has 1 N–H and O–H groups in total. The van der Waals surface area contributed by atoms with Crippen LogP contribution in [0.5, 0.6) is 0 Å². The van der Waals surface area contributed by atoms with Gasteiger partial charge in [0.05, 0.1) is 0 Å². The van der Waals surface area contributed by atoms with Crippen LogP contribution in [0.4, 0.5) is 0 Å². The third-order valence-electron chi connectivity index (χ3n) is 2.32. The SMILES string of the molecule is CC[C@H](C)CNCCc1cccs1. The van der Waals surface area contributed by atoms with Gasteiger partial charge in [-0.2, -0.15) is 0 Å². The molecule has 1 aromatic rings. The minimum Gasteiger partial charge on any atom is -0.316 e. The first kappa shape index (κ1) is 10.7. The molecule has 1 nitrogen and oxygen atoms in total. The molecule has 0 bridgehead atoms. The van der Waals surface area contributed by atoms with Crippen LogP contribution in [-0.4, -0.2) is 13.1 Å². The number of hydrogen-bond acceptors (Lipinski definition) is 2. The lowest BCUT2D eigenvalue weighted by molar-refractivity contribution is 0.503. The van der Waals surface area contributed by atoms with Crippen LogP contribution in [0.25, 0.3) is 0 Å². The van der Waals surface area contributed by atoms with E-state index in [2.05, 4.69) is 36.7 Å². The van der Waals surface area contributed by atoms with Crippen molar-refractivity contribution in [2.45, 2.75) is 26.7 Å². The van der Waals surface area contributed by atoms with Crippen LogP contribution >= 0.6 is 11.3 Å². The molecule has 13 heavy (non-hydrogen) atoms. The van der Waals surface area contributed by atoms with Crippen LogP contribution in [-0.2, 0) is 6.42 Å². The topological polar surface area (TPSA) is 12.0 Å². The monoisotopic (exact) mass is 197 g/mol. The molecule has 0 aliphatic carbocycles. The van der Waals surface area contributed by atoms with Gasteiger partial charge in [0.15, 0.2) is 0 Å². The normalized spacial score (nSPS) is 13.1. The van der Waals surface area contributed by atoms with Gasteiger partial charge in [0.25, 0.3) is 0 Å². The summed E-state index contributed by atoms with van der Waals surface area (Å²) in [5, 5.41) is 5.62. The fraction of sp³-hybridized carbons (Fsp3) is 0.636. The highest BCUT2D eigenvalue weighted by Crippen LogP contribution is 2.08. The average Bonchev–Trinajstić information content (AvgIpc) is 2.64. The molecule has 0 aliphatic rings. The van der Waals surface area contributed by atoms with Crippen molar-refractivity contribution in [1.29, 1.82) is 0 Å². The van der Waals surface area contributed by atoms with Crippen molar-refractivity contribution in [3.63, 3.8) is 0 Å². The van der Waals surface area contributed by atoms with Crippen LogP contribution in [0.15, 0.2) is 17.5 Å². The van der Waals surface area contributed by atoms with E-state index in [-0.39, 0.29) is 0 Å².